The number of nitrogens with zero attached hydrogens (tertiary/aromatic N) is 2. The second kappa shape index (κ2) is 4.18. The van der Waals surface area contributed by atoms with Crippen LogP contribution in [0.1, 0.15) is 13.8 Å². The van der Waals surface area contributed by atoms with Crippen LogP contribution in [0.4, 0.5) is 17.1 Å². The van der Waals surface area contributed by atoms with Gasteiger partial charge in [-0.05, 0) is 6.07 Å². The van der Waals surface area contributed by atoms with Crippen LogP contribution >= 0.6 is 0 Å². The maximum absolute atomic E-state index is 11.0. The van der Waals surface area contributed by atoms with Crippen molar-refractivity contribution in [2.75, 3.05) is 18.5 Å². The van der Waals surface area contributed by atoms with Gasteiger partial charge in [0.2, 0.25) is 0 Å². The number of hydrogen-bond acceptors (Lipinski definition) is 4. The Morgan fingerprint density at radius 2 is 2.28 bits per heavy atom. The Morgan fingerprint density at radius 3 is 2.89 bits per heavy atom. The van der Waals surface area contributed by atoms with E-state index in [9.17, 15) is 10.1 Å². The molecular formula is C12H13N3O3. The highest BCUT2D eigenvalue weighted by atomic mass is 16.6. The van der Waals surface area contributed by atoms with Gasteiger partial charge in [-0.3, -0.25) is 10.1 Å². The van der Waals surface area contributed by atoms with Crippen LogP contribution in [-0.2, 0) is 0 Å². The Labute approximate surface area is 105 Å². The average Bonchev–Trinajstić information content (AvgIpc) is 2.47. The summed E-state index contributed by atoms with van der Waals surface area (Å²) in [5.41, 5.74) is 0.335. The first-order chi connectivity index (χ1) is 8.43. The number of nitro groups is 1. The molecule has 0 atom stereocenters. The number of benzene rings is 1. The molecule has 0 fully saturated rings. The van der Waals surface area contributed by atoms with Gasteiger partial charge >= 0.3 is 0 Å². The fourth-order valence-electron chi connectivity index (χ4n) is 1.74. The van der Waals surface area contributed by atoms with E-state index in [1.807, 2.05) is 13.8 Å². The molecule has 0 radical (unpaired) electrons. The minimum Gasteiger partial charge on any atom is -0.492 e. The highest BCUT2D eigenvalue weighted by Gasteiger charge is 2.28. The van der Waals surface area contributed by atoms with E-state index in [-0.39, 0.29) is 16.8 Å². The molecule has 1 aliphatic heterocycles. The van der Waals surface area contributed by atoms with E-state index in [1.165, 1.54) is 12.1 Å². The van der Waals surface area contributed by atoms with Gasteiger partial charge in [0.15, 0.2) is 11.4 Å². The molecule has 2 rings (SSSR count). The number of ether oxygens (including phenoxy) is 1. The van der Waals surface area contributed by atoms with Gasteiger partial charge in [-0.1, -0.05) is 13.8 Å². The number of nitro benzene ring substituents is 1. The standard InChI is InChI=1S/C12H13N3O3/c1-12(2)6-14-11-9(15(16)17)4-8(13-3)5-10(11)18-7-12/h4-5,14H,6-7H2,1-2H3. The predicted molar refractivity (Wildman–Crippen MR) is 67.1 cm³/mol. The zero-order valence-corrected chi connectivity index (χ0v) is 10.2. The van der Waals surface area contributed by atoms with Crippen molar-refractivity contribution < 1.29 is 9.66 Å². The normalized spacial score (nSPS) is 16.5. The average molecular weight is 247 g/mol. The first-order valence-electron chi connectivity index (χ1n) is 5.49. The van der Waals surface area contributed by atoms with Crippen LogP contribution in [0.2, 0.25) is 0 Å². The summed E-state index contributed by atoms with van der Waals surface area (Å²) in [4.78, 5) is 13.8. The van der Waals surface area contributed by atoms with Gasteiger partial charge in [0.25, 0.3) is 5.69 Å². The van der Waals surface area contributed by atoms with Crippen LogP contribution < -0.4 is 10.1 Å². The van der Waals surface area contributed by atoms with Crippen molar-refractivity contribution in [1.82, 2.24) is 0 Å². The van der Waals surface area contributed by atoms with Crippen LogP contribution in [0.5, 0.6) is 5.75 Å². The van der Waals surface area contributed by atoms with Gasteiger partial charge in [0, 0.05) is 18.0 Å². The van der Waals surface area contributed by atoms with Crippen molar-refractivity contribution >= 4 is 17.1 Å². The SMILES string of the molecule is [C-]#[N+]c1cc2c(c([N+](=O)[O-])c1)NCC(C)(C)CO2. The summed E-state index contributed by atoms with van der Waals surface area (Å²) in [7, 11) is 0. The third-order valence-electron chi connectivity index (χ3n) is 2.75. The lowest BCUT2D eigenvalue weighted by Crippen LogP contribution is -2.27. The molecule has 1 heterocycles. The largest absolute Gasteiger partial charge is 0.492 e. The molecule has 6 nitrogen and oxygen atoms in total. The maximum Gasteiger partial charge on any atom is 0.286 e. The molecule has 1 aromatic carbocycles. The van der Waals surface area contributed by atoms with E-state index < -0.39 is 4.92 Å². The summed E-state index contributed by atoms with van der Waals surface area (Å²) < 4.78 is 5.59. The van der Waals surface area contributed by atoms with Gasteiger partial charge in [-0.15, -0.1) is 0 Å². The quantitative estimate of drug-likeness (QED) is 0.470. The number of nitrogens with one attached hydrogen (secondary N) is 1. The predicted octanol–water partition coefficient (Wildman–Crippen LogP) is 2.98. The second-order valence-corrected chi connectivity index (χ2v) is 5.01. The summed E-state index contributed by atoms with van der Waals surface area (Å²) in [6, 6.07) is 2.80. The topological polar surface area (TPSA) is 68.8 Å². The van der Waals surface area contributed by atoms with Gasteiger partial charge in [0.05, 0.1) is 18.1 Å². The van der Waals surface area contributed by atoms with E-state index in [4.69, 9.17) is 11.3 Å². The van der Waals surface area contributed by atoms with Crippen molar-refractivity contribution in [2.24, 2.45) is 5.41 Å². The fourth-order valence-corrected chi connectivity index (χ4v) is 1.74. The molecule has 0 spiro atoms. The molecule has 0 aliphatic carbocycles. The first-order valence-corrected chi connectivity index (χ1v) is 5.49. The lowest BCUT2D eigenvalue weighted by atomic mass is 9.95. The molecule has 0 saturated carbocycles. The summed E-state index contributed by atoms with van der Waals surface area (Å²) in [5, 5.41) is 14.1. The number of fused-ring (bicyclic) bond motifs is 1. The number of anilines is 1. The molecule has 94 valence electrons. The smallest absolute Gasteiger partial charge is 0.286 e. The third kappa shape index (κ3) is 2.20. The highest BCUT2D eigenvalue weighted by molar-refractivity contribution is 5.76. The third-order valence-corrected chi connectivity index (χ3v) is 2.75. The molecule has 1 N–H and O–H groups in total. The zero-order chi connectivity index (χ0) is 13.3. The maximum atomic E-state index is 11.0. The number of hydrogen-bond donors (Lipinski definition) is 1. The summed E-state index contributed by atoms with van der Waals surface area (Å²) >= 11 is 0. The van der Waals surface area contributed by atoms with Gasteiger partial charge < -0.3 is 10.1 Å². The molecule has 0 bridgehead atoms. The molecule has 0 unspecified atom stereocenters. The highest BCUT2D eigenvalue weighted by Crippen LogP contribution is 2.41. The Bertz CT molecular complexity index is 546. The summed E-state index contributed by atoms with van der Waals surface area (Å²) in [6.45, 7) is 12.0. The van der Waals surface area contributed by atoms with Crippen LogP contribution in [0, 0.1) is 22.1 Å². The molecule has 0 aromatic heterocycles. The zero-order valence-electron chi connectivity index (χ0n) is 10.2. The van der Waals surface area contributed by atoms with Gasteiger partial charge in [-0.2, -0.15) is 0 Å². The van der Waals surface area contributed by atoms with Crippen molar-refractivity contribution in [1.29, 1.82) is 0 Å². The van der Waals surface area contributed by atoms with Crippen molar-refractivity contribution in [3.05, 3.63) is 33.7 Å². The minimum atomic E-state index is -0.498. The monoisotopic (exact) mass is 247 g/mol. The fraction of sp³-hybridized carbons (Fsp3) is 0.417. The van der Waals surface area contributed by atoms with E-state index in [0.717, 1.165) is 0 Å². The van der Waals surface area contributed by atoms with Crippen molar-refractivity contribution in [2.45, 2.75) is 13.8 Å². The van der Waals surface area contributed by atoms with Gasteiger partial charge in [0.1, 0.15) is 5.75 Å². The molecule has 1 aromatic rings. The van der Waals surface area contributed by atoms with Crippen LogP contribution in [0.3, 0.4) is 0 Å². The van der Waals surface area contributed by atoms with E-state index in [2.05, 4.69) is 10.2 Å². The Kier molecular flexibility index (Phi) is 2.83. The number of rotatable bonds is 1. The molecule has 0 amide bonds. The minimum absolute atomic E-state index is 0.115. The van der Waals surface area contributed by atoms with Crippen LogP contribution in [0.15, 0.2) is 12.1 Å². The van der Waals surface area contributed by atoms with Crippen LogP contribution in [0.25, 0.3) is 4.85 Å². The van der Waals surface area contributed by atoms with E-state index in [0.29, 0.717) is 24.6 Å². The molecule has 6 heteroatoms. The van der Waals surface area contributed by atoms with Crippen molar-refractivity contribution in [3.8, 4) is 5.75 Å². The Hall–Kier alpha value is -2.29. The van der Waals surface area contributed by atoms with Crippen LogP contribution in [-0.4, -0.2) is 18.1 Å². The first kappa shape index (κ1) is 12.2. The van der Waals surface area contributed by atoms with E-state index >= 15 is 0 Å². The van der Waals surface area contributed by atoms with E-state index in [1.54, 1.807) is 0 Å². The summed E-state index contributed by atoms with van der Waals surface area (Å²) in [5.74, 6) is 0.376. The second-order valence-electron chi connectivity index (χ2n) is 5.01. The molecule has 1 aliphatic rings. The lowest BCUT2D eigenvalue weighted by molar-refractivity contribution is -0.383. The van der Waals surface area contributed by atoms with Crippen molar-refractivity contribution in [3.63, 3.8) is 0 Å². The molecule has 18 heavy (non-hydrogen) atoms. The van der Waals surface area contributed by atoms with Gasteiger partial charge in [-0.25, -0.2) is 4.85 Å². The Balaban J connectivity index is 2.53. The summed E-state index contributed by atoms with van der Waals surface area (Å²) in [6.07, 6.45) is 0. The lowest BCUT2D eigenvalue weighted by Gasteiger charge is -2.20. The Morgan fingerprint density at radius 1 is 1.56 bits per heavy atom. The molecular weight excluding hydrogens is 234 g/mol. The molecule has 0 saturated heterocycles.